The summed E-state index contributed by atoms with van der Waals surface area (Å²) in [7, 11) is 0. The van der Waals surface area contributed by atoms with Gasteiger partial charge in [-0.15, -0.1) is 0 Å². The molecule has 0 atom stereocenters. The number of hydrogen-bond donors (Lipinski definition) is 0. The fourth-order valence-corrected chi connectivity index (χ4v) is 3.04. The first kappa shape index (κ1) is 10.9. The van der Waals surface area contributed by atoms with Gasteiger partial charge in [-0.25, -0.2) is 0 Å². The molecule has 0 N–H and O–H groups in total. The molecule has 3 rings (SSSR count). The molecule has 2 aromatic carbocycles. The molecule has 84 valence electrons. The average molecular weight is 305 g/mol. The number of halogens is 1. The molecule has 17 heavy (non-hydrogen) atoms. The quantitative estimate of drug-likeness (QED) is 0.630. The Hall–Kier alpha value is -1.19. The molecule has 0 aliphatic rings. The molecular weight excluding hydrogens is 294 g/mol. The lowest BCUT2D eigenvalue weighted by Crippen LogP contribution is -2.31. The summed E-state index contributed by atoms with van der Waals surface area (Å²) in [6.07, 6.45) is 0. The van der Waals surface area contributed by atoms with Gasteiger partial charge in [0.2, 0.25) is 11.0 Å². The van der Waals surface area contributed by atoms with Crippen molar-refractivity contribution < 1.29 is 4.57 Å². The summed E-state index contributed by atoms with van der Waals surface area (Å²) < 4.78 is 4.76. The predicted molar refractivity (Wildman–Crippen MR) is 75.3 cm³/mol. The maximum Gasteiger partial charge on any atom is 0.226 e. The van der Waals surface area contributed by atoms with Crippen LogP contribution in [-0.4, -0.2) is 0 Å². The van der Waals surface area contributed by atoms with E-state index in [1.807, 2.05) is 0 Å². The van der Waals surface area contributed by atoms with Crippen molar-refractivity contribution in [2.45, 2.75) is 6.54 Å². The van der Waals surface area contributed by atoms with Crippen LogP contribution in [0.1, 0.15) is 5.56 Å². The molecule has 1 heterocycles. The van der Waals surface area contributed by atoms with E-state index in [1.54, 1.807) is 11.3 Å². The summed E-state index contributed by atoms with van der Waals surface area (Å²) in [5.41, 5.74) is 4.81. The van der Waals surface area contributed by atoms with Gasteiger partial charge in [-0.2, -0.15) is 4.57 Å². The molecule has 0 aliphatic carbocycles. The Balaban J connectivity index is 1.97. The molecule has 0 fully saturated rings. The highest BCUT2D eigenvalue weighted by atomic mass is 79.9. The molecule has 0 saturated carbocycles. The van der Waals surface area contributed by atoms with Crippen LogP contribution in [0.4, 0.5) is 0 Å². The van der Waals surface area contributed by atoms with E-state index < -0.39 is 0 Å². The molecule has 1 nitrogen and oxygen atoms in total. The minimum atomic E-state index is 0.928. The summed E-state index contributed by atoms with van der Waals surface area (Å²) in [5, 5.41) is 0. The average Bonchev–Trinajstić information content (AvgIpc) is 2.76. The minimum Gasteiger partial charge on any atom is -0.184 e. The van der Waals surface area contributed by atoms with Crippen molar-refractivity contribution in [2.24, 2.45) is 0 Å². The molecule has 0 saturated heterocycles. The molecular formula is C14H11BrNS+. The number of thiazole rings is 1. The maximum atomic E-state index is 3.46. The number of para-hydroxylation sites is 1. The van der Waals surface area contributed by atoms with E-state index in [1.165, 1.54) is 15.8 Å². The van der Waals surface area contributed by atoms with E-state index >= 15 is 0 Å². The van der Waals surface area contributed by atoms with Crippen LogP contribution >= 0.6 is 27.3 Å². The summed E-state index contributed by atoms with van der Waals surface area (Å²) >= 11 is 5.25. The number of fused-ring (bicyclic) bond motifs is 1. The molecule has 3 aromatic rings. The van der Waals surface area contributed by atoms with Crippen molar-refractivity contribution in [2.75, 3.05) is 0 Å². The topological polar surface area (TPSA) is 3.88 Å². The largest absolute Gasteiger partial charge is 0.226 e. The first-order chi connectivity index (χ1) is 8.33. The van der Waals surface area contributed by atoms with E-state index in [2.05, 4.69) is 74.5 Å². The van der Waals surface area contributed by atoms with Gasteiger partial charge in [-0.05, 0) is 18.2 Å². The van der Waals surface area contributed by atoms with Gasteiger partial charge in [0.1, 0.15) is 4.70 Å². The number of nitrogens with zero attached hydrogens (tertiary/aromatic N) is 1. The third-order valence-corrected chi connectivity index (χ3v) is 4.24. The Bertz CT molecular complexity index is 643. The fourth-order valence-electron chi connectivity index (χ4n) is 1.88. The summed E-state index contributed by atoms with van der Waals surface area (Å²) in [5.74, 6) is 0. The Kier molecular flexibility index (Phi) is 2.95. The number of hydrogen-bond acceptors (Lipinski definition) is 1. The Morgan fingerprint density at radius 1 is 1.00 bits per heavy atom. The third kappa shape index (κ3) is 2.26. The first-order valence-corrected chi connectivity index (χ1v) is 7.10. The van der Waals surface area contributed by atoms with Crippen molar-refractivity contribution in [1.82, 2.24) is 0 Å². The summed E-state index contributed by atoms with van der Waals surface area (Å²) in [6.45, 7) is 0.928. The molecule has 0 unspecified atom stereocenters. The Morgan fingerprint density at radius 2 is 1.76 bits per heavy atom. The molecule has 0 spiro atoms. The zero-order chi connectivity index (χ0) is 11.7. The van der Waals surface area contributed by atoms with E-state index in [4.69, 9.17) is 0 Å². The van der Waals surface area contributed by atoms with Crippen molar-refractivity contribution in [3.05, 3.63) is 64.1 Å². The zero-order valence-corrected chi connectivity index (χ0v) is 11.5. The fraction of sp³-hybridized carbons (Fsp3) is 0.0714. The van der Waals surface area contributed by atoms with Crippen molar-refractivity contribution >= 4 is 37.5 Å². The molecule has 1 aromatic heterocycles. The van der Waals surface area contributed by atoms with E-state index in [0.29, 0.717) is 0 Å². The van der Waals surface area contributed by atoms with Gasteiger partial charge < -0.3 is 0 Å². The van der Waals surface area contributed by atoms with Crippen LogP contribution in [0.3, 0.4) is 0 Å². The number of benzene rings is 2. The summed E-state index contributed by atoms with van der Waals surface area (Å²) in [4.78, 5) is 0. The lowest BCUT2D eigenvalue weighted by molar-refractivity contribution is -0.658. The van der Waals surface area contributed by atoms with Crippen LogP contribution in [0, 0.1) is 0 Å². The monoisotopic (exact) mass is 304 g/mol. The van der Waals surface area contributed by atoms with Gasteiger partial charge in [-0.3, -0.25) is 0 Å². The standard InChI is InChI=1S/C14H11BrNS/c15-12-7-5-11(6-8-12)9-16-10-17-14-4-2-1-3-13(14)16/h1-8,10H,9H2/q+1. The highest BCUT2D eigenvalue weighted by Gasteiger charge is 2.10. The minimum absolute atomic E-state index is 0.928. The smallest absolute Gasteiger partial charge is 0.184 e. The van der Waals surface area contributed by atoms with Crippen molar-refractivity contribution in [3.63, 3.8) is 0 Å². The van der Waals surface area contributed by atoms with Gasteiger partial charge in [-0.1, -0.05) is 51.5 Å². The van der Waals surface area contributed by atoms with Gasteiger partial charge in [0, 0.05) is 16.1 Å². The van der Waals surface area contributed by atoms with Gasteiger partial charge in [0.15, 0.2) is 6.54 Å². The highest BCUT2D eigenvalue weighted by molar-refractivity contribution is 9.10. The number of aromatic nitrogens is 1. The highest BCUT2D eigenvalue weighted by Crippen LogP contribution is 2.16. The second-order valence-electron chi connectivity index (χ2n) is 3.95. The van der Waals surface area contributed by atoms with Crippen LogP contribution in [0.25, 0.3) is 10.2 Å². The summed E-state index contributed by atoms with van der Waals surface area (Å²) in [6, 6.07) is 17.0. The predicted octanol–water partition coefficient (Wildman–Crippen LogP) is 4.00. The first-order valence-electron chi connectivity index (χ1n) is 5.43. The van der Waals surface area contributed by atoms with E-state index in [9.17, 15) is 0 Å². The Morgan fingerprint density at radius 3 is 2.59 bits per heavy atom. The van der Waals surface area contributed by atoms with Crippen LogP contribution < -0.4 is 4.57 Å². The lowest BCUT2D eigenvalue weighted by Gasteiger charge is -1.96. The van der Waals surface area contributed by atoms with Crippen molar-refractivity contribution in [3.8, 4) is 0 Å². The zero-order valence-electron chi connectivity index (χ0n) is 9.14. The van der Waals surface area contributed by atoms with Gasteiger partial charge in [0.05, 0.1) is 0 Å². The maximum absolute atomic E-state index is 3.46. The molecule has 3 heteroatoms. The molecule has 0 bridgehead atoms. The molecule has 0 amide bonds. The molecule has 0 radical (unpaired) electrons. The number of rotatable bonds is 2. The van der Waals surface area contributed by atoms with Crippen LogP contribution in [0.2, 0.25) is 0 Å². The van der Waals surface area contributed by atoms with Crippen LogP contribution in [-0.2, 0) is 6.54 Å². The van der Waals surface area contributed by atoms with E-state index in [-0.39, 0.29) is 0 Å². The van der Waals surface area contributed by atoms with Crippen molar-refractivity contribution in [1.29, 1.82) is 0 Å². The Labute approximate surface area is 112 Å². The van der Waals surface area contributed by atoms with Gasteiger partial charge in [0.25, 0.3) is 0 Å². The molecule has 0 aliphatic heterocycles. The third-order valence-electron chi connectivity index (χ3n) is 2.75. The van der Waals surface area contributed by atoms with E-state index in [0.717, 1.165) is 11.0 Å². The van der Waals surface area contributed by atoms with Gasteiger partial charge >= 0.3 is 0 Å². The second-order valence-corrected chi connectivity index (χ2v) is 5.75. The second kappa shape index (κ2) is 4.59. The lowest BCUT2D eigenvalue weighted by atomic mass is 10.2. The SMILES string of the molecule is Brc1ccc(C[n+]2csc3ccccc32)cc1. The van der Waals surface area contributed by atoms with Crippen LogP contribution in [0.5, 0.6) is 0 Å². The normalized spacial score (nSPS) is 10.9. The van der Waals surface area contributed by atoms with Crippen LogP contribution in [0.15, 0.2) is 58.5 Å².